The fraction of sp³-hybridized carbons (Fsp3) is 0.300. The van der Waals surface area contributed by atoms with Gasteiger partial charge >= 0.3 is 12.1 Å². The van der Waals surface area contributed by atoms with E-state index in [-0.39, 0.29) is 6.54 Å². The van der Waals surface area contributed by atoms with E-state index in [0.717, 1.165) is 4.90 Å². The Hall–Kier alpha value is -1.72. The smallest absolute Gasteiger partial charge is 0.399 e. The van der Waals surface area contributed by atoms with E-state index < -0.39 is 12.1 Å². The zero-order valence-electron chi connectivity index (χ0n) is 8.21. The van der Waals surface area contributed by atoms with Gasteiger partial charge in [-0.1, -0.05) is 0 Å². The lowest BCUT2D eigenvalue weighted by molar-refractivity contribution is -0.170. The molecular formula is C10H9F3N2O. The van der Waals surface area contributed by atoms with E-state index in [0.29, 0.717) is 23.4 Å². The summed E-state index contributed by atoms with van der Waals surface area (Å²) in [5, 5.41) is 0. The van der Waals surface area contributed by atoms with Crippen molar-refractivity contribution < 1.29 is 18.0 Å². The second kappa shape index (κ2) is 3.40. The van der Waals surface area contributed by atoms with Crippen LogP contribution in [-0.4, -0.2) is 18.6 Å². The molecule has 0 aliphatic carbocycles. The first-order valence-corrected chi connectivity index (χ1v) is 4.66. The molecule has 1 aromatic carbocycles. The lowest BCUT2D eigenvalue weighted by Gasteiger charge is -2.18. The maximum absolute atomic E-state index is 12.3. The van der Waals surface area contributed by atoms with Gasteiger partial charge in [0.25, 0.3) is 0 Å². The van der Waals surface area contributed by atoms with Crippen molar-refractivity contribution in [3.05, 3.63) is 23.8 Å². The first kappa shape index (κ1) is 10.8. The van der Waals surface area contributed by atoms with Gasteiger partial charge < -0.3 is 10.6 Å². The number of fused-ring (bicyclic) bond motifs is 1. The van der Waals surface area contributed by atoms with Crippen molar-refractivity contribution in [3.63, 3.8) is 0 Å². The molecule has 0 bridgehead atoms. The van der Waals surface area contributed by atoms with Gasteiger partial charge in [0, 0.05) is 17.9 Å². The summed E-state index contributed by atoms with van der Waals surface area (Å²) >= 11 is 0. The summed E-state index contributed by atoms with van der Waals surface area (Å²) in [4.78, 5) is 11.8. The van der Waals surface area contributed by atoms with Gasteiger partial charge in [-0.25, -0.2) is 0 Å². The third kappa shape index (κ3) is 1.70. The molecule has 2 rings (SSSR count). The van der Waals surface area contributed by atoms with Gasteiger partial charge in [-0.2, -0.15) is 13.2 Å². The van der Waals surface area contributed by atoms with Crippen LogP contribution in [0.25, 0.3) is 0 Å². The van der Waals surface area contributed by atoms with Crippen molar-refractivity contribution in [1.82, 2.24) is 0 Å². The Balaban J connectivity index is 2.34. The average molecular weight is 230 g/mol. The molecular weight excluding hydrogens is 221 g/mol. The topological polar surface area (TPSA) is 46.3 Å². The largest absolute Gasteiger partial charge is 0.471 e. The highest BCUT2D eigenvalue weighted by Gasteiger charge is 2.44. The van der Waals surface area contributed by atoms with E-state index in [4.69, 9.17) is 5.73 Å². The minimum Gasteiger partial charge on any atom is -0.399 e. The van der Waals surface area contributed by atoms with Gasteiger partial charge in [-0.3, -0.25) is 4.79 Å². The fourth-order valence-electron chi connectivity index (χ4n) is 1.79. The van der Waals surface area contributed by atoms with Crippen LogP contribution in [0.1, 0.15) is 5.56 Å². The molecule has 86 valence electrons. The quantitative estimate of drug-likeness (QED) is 0.690. The number of carbonyl (C=O) groups excluding carboxylic acids is 1. The SMILES string of the molecule is Nc1ccc2c(c1)CCN2C(=O)C(F)(F)F. The molecule has 0 saturated carbocycles. The number of nitrogens with two attached hydrogens (primary N) is 1. The maximum Gasteiger partial charge on any atom is 0.471 e. The molecule has 1 aliphatic rings. The third-order valence-corrected chi connectivity index (χ3v) is 2.49. The predicted molar refractivity (Wildman–Crippen MR) is 53.0 cm³/mol. The molecule has 16 heavy (non-hydrogen) atoms. The van der Waals surface area contributed by atoms with Crippen molar-refractivity contribution in [1.29, 1.82) is 0 Å². The molecule has 0 aromatic heterocycles. The summed E-state index contributed by atoms with van der Waals surface area (Å²) in [6.07, 6.45) is -4.43. The van der Waals surface area contributed by atoms with E-state index in [9.17, 15) is 18.0 Å². The maximum atomic E-state index is 12.3. The highest BCUT2D eigenvalue weighted by molar-refractivity contribution is 5.99. The van der Waals surface area contributed by atoms with Crippen LogP contribution in [-0.2, 0) is 11.2 Å². The minimum absolute atomic E-state index is 0.0527. The van der Waals surface area contributed by atoms with Crippen LogP contribution in [0, 0.1) is 0 Å². The molecule has 0 saturated heterocycles. The number of amides is 1. The molecule has 2 N–H and O–H groups in total. The summed E-state index contributed by atoms with van der Waals surface area (Å²) in [6.45, 7) is 0.0527. The van der Waals surface area contributed by atoms with Gasteiger partial charge in [0.15, 0.2) is 0 Å². The molecule has 1 heterocycles. The molecule has 0 radical (unpaired) electrons. The number of benzene rings is 1. The van der Waals surface area contributed by atoms with Crippen LogP contribution < -0.4 is 10.6 Å². The number of nitrogens with zero attached hydrogens (tertiary/aromatic N) is 1. The third-order valence-electron chi connectivity index (χ3n) is 2.49. The Morgan fingerprint density at radius 2 is 2.06 bits per heavy atom. The van der Waals surface area contributed by atoms with Crippen LogP contribution in [0.4, 0.5) is 24.5 Å². The van der Waals surface area contributed by atoms with Crippen molar-refractivity contribution in [2.75, 3.05) is 17.2 Å². The first-order valence-electron chi connectivity index (χ1n) is 4.66. The molecule has 1 amide bonds. The first-order chi connectivity index (χ1) is 7.39. The monoisotopic (exact) mass is 230 g/mol. The number of alkyl halides is 3. The number of hydrogen-bond acceptors (Lipinski definition) is 2. The van der Waals surface area contributed by atoms with Crippen LogP contribution in [0.2, 0.25) is 0 Å². The van der Waals surface area contributed by atoms with Crippen LogP contribution in [0.5, 0.6) is 0 Å². The fourth-order valence-corrected chi connectivity index (χ4v) is 1.79. The van der Waals surface area contributed by atoms with E-state index in [1.54, 1.807) is 6.07 Å². The summed E-state index contributed by atoms with van der Waals surface area (Å²) < 4.78 is 36.8. The molecule has 0 fully saturated rings. The van der Waals surface area contributed by atoms with E-state index in [2.05, 4.69) is 0 Å². The van der Waals surface area contributed by atoms with Gasteiger partial charge in [-0.15, -0.1) is 0 Å². The summed E-state index contributed by atoms with van der Waals surface area (Å²) in [5.74, 6) is -1.82. The number of nitrogen functional groups attached to an aromatic ring is 1. The Labute approximate surface area is 89.6 Å². The molecule has 0 unspecified atom stereocenters. The van der Waals surface area contributed by atoms with Gasteiger partial charge in [0.1, 0.15) is 0 Å². The van der Waals surface area contributed by atoms with Gasteiger partial charge in [0.05, 0.1) is 0 Å². The molecule has 0 atom stereocenters. The van der Waals surface area contributed by atoms with Gasteiger partial charge in [-0.05, 0) is 30.2 Å². The number of rotatable bonds is 0. The van der Waals surface area contributed by atoms with Crippen molar-refractivity contribution in [3.8, 4) is 0 Å². The lowest BCUT2D eigenvalue weighted by Crippen LogP contribution is -2.40. The normalized spacial score (nSPS) is 15.1. The molecule has 3 nitrogen and oxygen atoms in total. The Kier molecular flexibility index (Phi) is 2.29. The molecule has 1 aliphatic heterocycles. The van der Waals surface area contributed by atoms with E-state index in [1.165, 1.54) is 12.1 Å². The predicted octanol–water partition coefficient (Wildman–Crippen LogP) is 1.72. The number of anilines is 2. The lowest BCUT2D eigenvalue weighted by atomic mass is 10.1. The Bertz CT molecular complexity index is 442. The summed E-state index contributed by atoms with van der Waals surface area (Å²) in [6, 6.07) is 4.53. The second-order valence-electron chi connectivity index (χ2n) is 3.59. The number of carbonyl (C=O) groups is 1. The van der Waals surface area contributed by atoms with Crippen molar-refractivity contribution in [2.45, 2.75) is 12.6 Å². The second-order valence-corrected chi connectivity index (χ2v) is 3.59. The highest BCUT2D eigenvalue weighted by atomic mass is 19.4. The molecule has 6 heteroatoms. The average Bonchev–Trinajstić information content (AvgIpc) is 2.57. The van der Waals surface area contributed by atoms with Crippen LogP contribution >= 0.6 is 0 Å². The molecule has 1 aromatic rings. The zero-order chi connectivity index (χ0) is 11.9. The standard InChI is InChI=1S/C10H9F3N2O/c11-10(12,13)9(16)15-4-3-6-5-7(14)1-2-8(6)15/h1-2,5H,3-4,14H2. The van der Waals surface area contributed by atoms with E-state index >= 15 is 0 Å². The molecule has 0 spiro atoms. The summed E-state index contributed by atoms with van der Waals surface area (Å²) in [7, 11) is 0. The number of halogens is 3. The van der Waals surface area contributed by atoms with Crippen LogP contribution in [0.15, 0.2) is 18.2 Å². The van der Waals surface area contributed by atoms with E-state index in [1.807, 2.05) is 0 Å². The Morgan fingerprint density at radius 3 is 2.69 bits per heavy atom. The van der Waals surface area contributed by atoms with Crippen LogP contribution in [0.3, 0.4) is 0 Å². The van der Waals surface area contributed by atoms with Crippen molar-refractivity contribution in [2.24, 2.45) is 0 Å². The highest BCUT2D eigenvalue weighted by Crippen LogP contribution is 2.32. The Morgan fingerprint density at radius 1 is 1.38 bits per heavy atom. The van der Waals surface area contributed by atoms with Crippen molar-refractivity contribution >= 4 is 17.3 Å². The number of hydrogen-bond donors (Lipinski definition) is 1. The zero-order valence-corrected chi connectivity index (χ0v) is 8.21. The summed E-state index contributed by atoms with van der Waals surface area (Å²) in [5.41, 5.74) is 6.98. The minimum atomic E-state index is -4.83. The van der Waals surface area contributed by atoms with Gasteiger partial charge in [0.2, 0.25) is 0 Å².